The summed E-state index contributed by atoms with van der Waals surface area (Å²) < 4.78 is 0. The van der Waals surface area contributed by atoms with Crippen molar-refractivity contribution in [2.24, 2.45) is 0 Å². The van der Waals surface area contributed by atoms with Gasteiger partial charge in [0, 0.05) is 4.83 Å². The maximum atomic E-state index is 3.82. The smallest absolute Gasteiger partial charge is 0.0395 e. The van der Waals surface area contributed by atoms with E-state index in [4.69, 9.17) is 0 Å². The molecule has 0 amide bonds. The number of hydrogen-bond acceptors (Lipinski definition) is 0. The van der Waals surface area contributed by atoms with Crippen molar-refractivity contribution in [3.63, 3.8) is 0 Å². The number of alkyl halides is 1. The minimum Gasteiger partial charge on any atom is -0.0839 e. The van der Waals surface area contributed by atoms with Gasteiger partial charge in [0.2, 0.25) is 0 Å². The van der Waals surface area contributed by atoms with Crippen LogP contribution in [-0.2, 0) is 0 Å². The molecule has 0 aliphatic rings. The lowest BCUT2D eigenvalue weighted by molar-refractivity contribution is 0.630. The van der Waals surface area contributed by atoms with Crippen molar-refractivity contribution in [2.45, 2.75) is 70.0 Å². The summed E-state index contributed by atoms with van der Waals surface area (Å²) in [4.78, 5) is 0.528. The zero-order valence-electron chi connectivity index (χ0n) is 12.1. The monoisotopic (exact) mass is 310 g/mol. The summed E-state index contributed by atoms with van der Waals surface area (Å²) in [7, 11) is 0. The molecule has 2 atom stereocenters. The van der Waals surface area contributed by atoms with Crippen LogP contribution in [0.25, 0.3) is 0 Å². The van der Waals surface area contributed by atoms with Gasteiger partial charge in [0.15, 0.2) is 0 Å². The molecule has 0 aliphatic heterocycles. The Bertz CT molecular complexity index is 315. The molecule has 2 unspecified atom stereocenters. The molecule has 0 heterocycles. The van der Waals surface area contributed by atoms with Gasteiger partial charge in [-0.05, 0) is 29.9 Å². The number of hydrogen-bond donors (Lipinski definition) is 0. The predicted octanol–water partition coefficient (Wildman–Crippen LogP) is 6.61. The van der Waals surface area contributed by atoms with Gasteiger partial charge in [0.1, 0.15) is 0 Å². The van der Waals surface area contributed by atoms with Crippen LogP contribution in [0.1, 0.15) is 81.2 Å². The lowest BCUT2D eigenvalue weighted by atomic mass is 9.96. The van der Waals surface area contributed by atoms with E-state index < -0.39 is 0 Å². The van der Waals surface area contributed by atoms with E-state index >= 15 is 0 Å². The first kappa shape index (κ1) is 15.8. The van der Waals surface area contributed by atoms with Crippen LogP contribution >= 0.6 is 15.9 Å². The van der Waals surface area contributed by atoms with E-state index in [1.807, 2.05) is 0 Å². The van der Waals surface area contributed by atoms with Crippen molar-refractivity contribution < 1.29 is 0 Å². The Morgan fingerprint density at radius 1 is 0.944 bits per heavy atom. The molecule has 0 nitrogen and oxygen atoms in total. The van der Waals surface area contributed by atoms with Gasteiger partial charge >= 0.3 is 0 Å². The van der Waals surface area contributed by atoms with Crippen LogP contribution in [0.2, 0.25) is 0 Å². The first-order valence-corrected chi connectivity index (χ1v) is 8.34. The van der Waals surface area contributed by atoms with Crippen molar-refractivity contribution >= 4 is 15.9 Å². The molecule has 102 valence electrons. The third kappa shape index (κ3) is 5.14. The molecule has 0 spiro atoms. The van der Waals surface area contributed by atoms with E-state index in [1.54, 1.807) is 0 Å². The molecule has 0 aliphatic carbocycles. The molecule has 0 fully saturated rings. The summed E-state index contributed by atoms with van der Waals surface area (Å²) in [5.41, 5.74) is 2.89. The van der Waals surface area contributed by atoms with E-state index in [-0.39, 0.29) is 0 Å². The minimum absolute atomic E-state index is 0.528. The van der Waals surface area contributed by atoms with E-state index in [9.17, 15) is 0 Å². The maximum Gasteiger partial charge on any atom is 0.0395 e. The van der Waals surface area contributed by atoms with Gasteiger partial charge in [0.25, 0.3) is 0 Å². The van der Waals surface area contributed by atoms with Crippen molar-refractivity contribution in [2.75, 3.05) is 0 Å². The number of benzene rings is 1. The van der Waals surface area contributed by atoms with E-state index in [1.165, 1.54) is 49.7 Å². The molecule has 18 heavy (non-hydrogen) atoms. The largest absolute Gasteiger partial charge is 0.0839 e. The highest BCUT2D eigenvalue weighted by Gasteiger charge is 2.08. The summed E-state index contributed by atoms with van der Waals surface area (Å²) in [5.74, 6) is 0.678. The Balaban J connectivity index is 2.46. The fraction of sp³-hybridized carbons (Fsp3) is 0.647. The first-order chi connectivity index (χ1) is 8.69. The summed E-state index contributed by atoms with van der Waals surface area (Å²) in [6, 6.07) is 9.18. The van der Waals surface area contributed by atoms with Crippen LogP contribution in [0.15, 0.2) is 24.3 Å². The zero-order valence-corrected chi connectivity index (χ0v) is 13.7. The SMILES string of the molecule is CCCCCCC(Br)c1ccc(C(C)CC)cc1. The van der Waals surface area contributed by atoms with Crippen LogP contribution in [0.4, 0.5) is 0 Å². The number of halogens is 1. The Labute approximate surface area is 121 Å². The Morgan fingerprint density at radius 2 is 1.56 bits per heavy atom. The fourth-order valence-electron chi connectivity index (χ4n) is 2.19. The molecule has 0 aromatic heterocycles. The van der Waals surface area contributed by atoms with Gasteiger partial charge < -0.3 is 0 Å². The second kappa shape index (κ2) is 8.74. The second-order valence-electron chi connectivity index (χ2n) is 5.29. The van der Waals surface area contributed by atoms with Gasteiger partial charge in [-0.15, -0.1) is 0 Å². The molecular formula is C17H27Br. The molecule has 1 heteroatoms. The van der Waals surface area contributed by atoms with Gasteiger partial charge in [-0.2, -0.15) is 0 Å². The first-order valence-electron chi connectivity index (χ1n) is 7.42. The highest BCUT2D eigenvalue weighted by Crippen LogP contribution is 2.30. The predicted molar refractivity (Wildman–Crippen MR) is 85.6 cm³/mol. The van der Waals surface area contributed by atoms with Crippen molar-refractivity contribution in [1.29, 1.82) is 0 Å². The molecule has 1 aromatic carbocycles. The average Bonchev–Trinajstić information content (AvgIpc) is 2.42. The summed E-state index contributed by atoms with van der Waals surface area (Å²) in [5, 5.41) is 0. The lowest BCUT2D eigenvalue weighted by Gasteiger charge is -2.13. The second-order valence-corrected chi connectivity index (χ2v) is 6.40. The van der Waals surface area contributed by atoms with Crippen LogP contribution in [0, 0.1) is 0 Å². The Hall–Kier alpha value is -0.300. The Kier molecular flexibility index (Phi) is 7.65. The van der Waals surface area contributed by atoms with Gasteiger partial charge in [-0.1, -0.05) is 86.6 Å². The molecular weight excluding hydrogens is 284 g/mol. The molecule has 0 radical (unpaired) electrons. The molecule has 0 saturated carbocycles. The maximum absolute atomic E-state index is 3.82. The van der Waals surface area contributed by atoms with Crippen LogP contribution in [-0.4, -0.2) is 0 Å². The van der Waals surface area contributed by atoms with Crippen LogP contribution < -0.4 is 0 Å². The average molecular weight is 311 g/mol. The standard InChI is InChI=1S/C17H27Br/c1-4-6-7-8-9-17(18)16-12-10-15(11-13-16)14(3)5-2/h10-14,17H,4-9H2,1-3H3. The van der Waals surface area contributed by atoms with Gasteiger partial charge in [0.05, 0.1) is 0 Å². The minimum atomic E-state index is 0.528. The molecule has 1 rings (SSSR count). The molecule has 0 bridgehead atoms. The summed E-state index contributed by atoms with van der Waals surface area (Å²) in [6.07, 6.45) is 7.85. The normalized spacial score (nSPS) is 14.4. The molecule has 0 saturated heterocycles. The van der Waals surface area contributed by atoms with Gasteiger partial charge in [-0.25, -0.2) is 0 Å². The zero-order chi connectivity index (χ0) is 13.4. The highest BCUT2D eigenvalue weighted by molar-refractivity contribution is 9.09. The van der Waals surface area contributed by atoms with Crippen molar-refractivity contribution in [3.8, 4) is 0 Å². The van der Waals surface area contributed by atoms with E-state index in [0.717, 1.165) is 0 Å². The topological polar surface area (TPSA) is 0 Å². The Morgan fingerprint density at radius 3 is 2.11 bits per heavy atom. The highest BCUT2D eigenvalue weighted by atomic mass is 79.9. The summed E-state index contributed by atoms with van der Waals surface area (Å²) >= 11 is 3.82. The number of rotatable bonds is 8. The quantitative estimate of drug-likeness (QED) is 0.374. The third-order valence-electron chi connectivity index (χ3n) is 3.79. The lowest BCUT2D eigenvalue weighted by Crippen LogP contribution is -1.94. The van der Waals surface area contributed by atoms with Crippen LogP contribution in [0.5, 0.6) is 0 Å². The summed E-state index contributed by atoms with van der Waals surface area (Å²) in [6.45, 7) is 6.81. The van der Waals surface area contributed by atoms with Gasteiger partial charge in [-0.3, -0.25) is 0 Å². The molecule has 1 aromatic rings. The van der Waals surface area contributed by atoms with E-state index in [2.05, 4.69) is 61.0 Å². The third-order valence-corrected chi connectivity index (χ3v) is 4.78. The van der Waals surface area contributed by atoms with Crippen molar-refractivity contribution in [1.82, 2.24) is 0 Å². The fourth-order valence-corrected chi connectivity index (χ4v) is 2.82. The van der Waals surface area contributed by atoms with E-state index in [0.29, 0.717) is 10.7 Å². The molecule has 0 N–H and O–H groups in total. The van der Waals surface area contributed by atoms with Crippen LogP contribution in [0.3, 0.4) is 0 Å². The van der Waals surface area contributed by atoms with Crippen molar-refractivity contribution in [3.05, 3.63) is 35.4 Å². The number of unbranched alkanes of at least 4 members (excludes halogenated alkanes) is 3.